The van der Waals surface area contributed by atoms with Crippen molar-refractivity contribution >= 4 is 17.7 Å². The Balaban J connectivity index is 2.61. The fraction of sp³-hybridized carbons (Fsp3) is 0.769. The van der Waals surface area contributed by atoms with Crippen LogP contribution >= 0.6 is 0 Å². The van der Waals surface area contributed by atoms with Gasteiger partial charge in [0.2, 0.25) is 5.78 Å². The molecule has 1 rings (SSSR count). The van der Waals surface area contributed by atoms with Gasteiger partial charge in [-0.15, -0.1) is 0 Å². The van der Waals surface area contributed by atoms with Gasteiger partial charge in [0.05, 0.1) is 19.6 Å². The van der Waals surface area contributed by atoms with Crippen LogP contribution in [0.3, 0.4) is 0 Å². The van der Waals surface area contributed by atoms with Crippen LogP contribution in [0.25, 0.3) is 0 Å². The van der Waals surface area contributed by atoms with Gasteiger partial charge >= 0.3 is 12.3 Å². The zero-order valence-electron chi connectivity index (χ0n) is 12.5. The van der Waals surface area contributed by atoms with Gasteiger partial charge in [0.1, 0.15) is 11.7 Å². The van der Waals surface area contributed by atoms with E-state index in [-0.39, 0.29) is 19.7 Å². The smallest absolute Gasteiger partial charge is 0.444 e. The van der Waals surface area contributed by atoms with Crippen LogP contribution in [0.5, 0.6) is 0 Å². The maximum atomic E-state index is 12.1. The molecular formula is C13H18F3NO5. The molecule has 0 aliphatic carbocycles. The normalized spacial score (nSPS) is 19.7. The quantitative estimate of drug-likeness (QED) is 0.739. The molecule has 1 saturated heterocycles. The van der Waals surface area contributed by atoms with Gasteiger partial charge in [-0.25, -0.2) is 4.79 Å². The molecule has 126 valence electrons. The predicted molar refractivity (Wildman–Crippen MR) is 68.2 cm³/mol. The third-order valence-corrected chi connectivity index (χ3v) is 2.73. The highest BCUT2D eigenvalue weighted by atomic mass is 19.4. The number of carbonyl (C=O) groups is 3. The van der Waals surface area contributed by atoms with Crippen LogP contribution in [0.4, 0.5) is 18.0 Å². The number of ether oxygens (including phenoxy) is 2. The summed E-state index contributed by atoms with van der Waals surface area (Å²) in [5.41, 5.74) is -0.735. The molecule has 1 unspecified atom stereocenters. The van der Waals surface area contributed by atoms with E-state index in [1.54, 1.807) is 20.8 Å². The molecule has 0 N–H and O–H groups in total. The lowest BCUT2D eigenvalue weighted by Crippen LogP contribution is -2.50. The van der Waals surface area contributed by atoms with Crippen molar-refractivity contribution in [2.24, 2.45) is 0 Å². The molecule has 0 saturated carbocycles. The van der Waals surface area contributed by atoms with E-state index in [1.165, 1.54) is 4.90 Å². The van der Waals surface area contributed by atoms with Crippen LogP contribution in [0, 0.1) is 0 Å². The Bertz CT molecular complexity index is 456. The van der Waals surface area contributed by atoms with E-state index in [0.29, 0.717) is 0 Å². The highest BCUT2D eigenvalue weighted by Crippen LogP contribution is 2.20. The second kappa shape index (κ2) is 6.64. The molecule has 6 nitrogen and oxygen atoms in total. The van der Waals surface area contributed by atoms with Crippen LogP contribution in [0.15, 0.2) is 0 Å². The molecule has 0 bridgehead atoms. The number of ketones is 2. The molecule has 1 heterocycles. The third-order valence-electron chi connectivity index (χ3n) is 2.73. The van der Waals surface area contributed by atoms with Crippen molar-refractivity contribution < 1.29 is 37.0 Å². The van der Waals surface area contributed by atoms with E-state index >= 15 is 0 Å². The third kappa shape index (κ3) is 5.63. The minimum absolute atomic E-state index is 0.0180. The highest BCUT2D eigenvalue weighted by molar-refractivity contribution is 6.03. The highest BCUT2D eigenvalue weighted by Gasteiger charge is 2.41. The van der Waals surface area contributed by atoms with Gasteiger partial charge in [-0.3, -0.25) is 9.59 Å². The number of hydrogen-bond acceptors (Lipinski definition) is 5. The summed E-state index contributed by atoms with van der Waals surface area (Å²) >= 11 is 0. The number of morpholine rings is 1. The number of rotatable bonds is 3. The predicted octanol–water partition coefficient (Wildman–Crippen LogP) is 1.71. The summed E-state index contributed by atoms with van der Waals surface area (Å²) in [6, 6.07) is 0. The SMILES string of the molecule is CC(C)(C)OC(=O)N1CCOC(C(=O)CC(=O)C(F)(F)F)C1. The Hall–Kier alpha value is -1.64. The first-order chi connectivity index (χ1) is 9.90. The van der Waals surface area contributed by atoms with Crippen LogP contribution in [-0.4, -0.2) is 60.1 Å². The molecule has 9 heteroatoms. The minimum Gasteiger partial charge on any atom is -0.444 e. The number of nitrogens with zero attached hydrogens (tertiary/aromatic N) is 1. The molecule has 0 aromatic rings. The monoisotopic (exact) mass is 325 g/mol. The zero-order chi connectivity index (χ0) is 17.1. The molecule has 1 amide bonds. The number of alkyl halides is 3. The first-order valence-corrected chi connectivity index (χ1v) is 6.62. The van der Waals surface area contributed by atoms with Crippen molar-refractivity contribution in [3.63, 3.8) is 0 Å². The summed E-state index contributed by atoms with van der Waals surface area (Å²) in [6.07, 6.45) is -8.30. The van der Waals surface area contributed by atoms with E-state index in [0.717, 1.165) is 0 Å². The molecule has 22 heavy (non-hydrogen) atoms. The summed E-state index contributed by atoms with van der Waals surface area (Å²) in [7, 11) is 0. The number of halogens is 3. The average molecular weight is 325 g/mol. The van der Waals surface area contributed by atoms with Gasteiger partial charge in [-0.1, -0.05) is 0 Å². The Morgan fingerprint density at radius 3 is 2.32 bits per heavy atom. The van der Waals surface area contributed by atoms with Crippen LogP contribution in [0.2, 0.25) is 0 Å². The van der Waals surface area contributed by atoms with E-state index < -0.39 is 42.0 Å². The Labute approximate surface area is 125 Å². The van der Waals surface area contributed by atoms with E-state index in [9.17, 15) is 27.6 Å². The molecule has 1 aliphatic heterocycles. The largest absolute Gasteiger partial charge is 0.450 e. The topological polar surface area (TPSA) is 72.9 Å². The van der Waals surface area contributed by atoms with E-state index in [1.807, 2.05) is 0 Å². The maximum Gasteiger partial charge on any atom is 0.450 e. The van der Waals surface area contributed by atoms with Crippen molar-refractivity contribution in [3.8, 4) is 0 Å². The number of carbonyl (C=O) groups excluding carboxylic acids is 3. The average Bonchev–Trinajstić information content (AvgIpc) is 2.35. The molecule has 1 atom stereocenters. The summed E-state index contributed by atoms with van der Waals surface area (Å²) < 4.78 is 46.6. The van der Waals surface area contributed by atoms with Gasteiger partial charge in [0.15, 0.2) is 5.78 Å². The molecule has 1 aliphatic rings. The first kappa shape index (κ1) is 18.4. The zero-order valence-corrected chi connectivity index (χ0v) is 12.5. The van der Waals surface area contributed by atoms with Crippen molar-refractivity contribution in [1.82, 2.24) is 4.90 Å². The number of hydrogen-bond donors (Lipinski definition) is 0. The van der Waals surface area contributed by atoms with Crippen molar-refractivity contribution in [2.75, 3.05) is 19.7 Å². The summed E-state index contributed by atoms with van der Waals surface area (Å²) in [6.45, 7) is 4.89. The molecule has 0 radical (unpaired) electrons. The lowest BCUT2D eigenvalue weighted by molar-refractivity contribution is -0.173. The molecule has 0 aromatic heterocycles. The molecule has 0 aromatic carbocycles. The van der Waals surface area contributed by atoms with Gasteiger partial charge < -0.3 is 14.4 Å². The molecule has 1 fully saturated rings. The summed E-state index contributed by atoms with van der Waals surface area (Å²) in [5.74, 6) is -3.13. The van der Waals surface area contributed by atoms with Crippen molar-refractivity contribution in [3.05, 3.63) is 0 Å². The van der Waals surface area contributed by atoms with Crippen molar-refractivity contribution in [2.45, 2.75) is 45.1 Å². The number of amides is 1. The summed E-state index contributed by atoms with van der Waals surface area (Å²) in [5, 5.41) is 0. The van der Waals surface area contributed by atoms with Crippen molar-refractivity contribution in [1.29, 1.82) is 0 Å². The second-order valence-corrected chi connectivity index (χ2v) is 5.85. The Kier molecular flexibility index (Phi) is 5.55. The standard InChI is InChI=1S/C13H18F3NO5/c1-12(2,3)22-11(20)17-4-5-21-9(7-17)8(18)6-10(19)13(14,15)16/h9H,4-7H2,1-3H3. The fourth-order valence-electron chi connectivity index (χ4n) is 1.71. The van der Waals surface area contributed by atoms with Gasteiger partial charge in [0, 0.05) is 6.54 Å². The molecule has 0 spiro atoms. The fourth-order valence-corrected chi connectivity index (χ4v) is 1.71. The Morgan fingerprint density at radius 2 is 1.82 bits per heavy atom. The summed E-state index contributed by atoms with van der Waals surface area (Å²) in [4.78, 5) is 35.5. The number of Topliss-reactive ketones (excluding diaryl/α,β-unsaturated/α-hetero) is 2. The lowest BCUT2D eigenvalue weighted by atomic mass is 10.1. The van der Waals surface area contributed by atoms with Crippen LogP contribution in [-0.2, 0) is 19.1 Å². The van der Waals surface area contributed by atoms with Crippen LogP contribution < -0.4 is 0 Å². The van der Waals surface area contributed by atoms with Gasteiger partial charge in [-0.05, 0) is 20.8 Å². The van der Waals surface area contributed by atoms with E-state index in [4.69, 9.17) is 9.47 Å². The minimum atomic E-state index is -5.06. The van der Waals surface area contributed by atoms with E-state index in [2.05, 4.69) is 0 Å². The maximum absolute atomic E-state index is 12.1. The van der Waals surface area contributed by atoms with Gasteiger partial charge in [-0.2, -0.15) is 13.2 Å². The first-order valence-electron chi connectivity index (χ1n) is 6.62. The van der Waals surface area contributed by atoms with Crippen LogP contribution in [0.1, 0.15) is 27.2 Å². The molecular weight excluding hydrogens is 307 g/mol. The van der Waals surface area contributed by atoms with Gasteiger partial charge in [0.25, 0.3) is 0 Å². The second-order valence-electron chi connectivity index (χ2n) is 5.85. The Morgan fingerprint density at radius 1 is 1.23 bits per heavy atom. The lowest BCUT2D eigenvalue weighted by Gasteiger charge is -2.33.